The van der Waals surface area contributed by atoms with Gasteiger partial charge in [0, 0.05) is 62.5 Å². The Labute approximate surface area is 232 Å². The molecule has 0 bridgehead atoms. The Morgan fingerprint density at radius 3 is 2.67 bits per heavy atom. The summed E-state index contributed by atoms with van der Waals surface area (Å²) in [5, 5.41) is 27.6. The van der Waals surface area contributed by atoms with Gasteiger partial charge < -0.3 is 26.2 Å². The Morgan fingerprint density at radius 1 is 1.10 bits per heavy atom. The Bertz CT molecular complexity index is 1460. The Balaban J connectivity index is 1.45. The van der Waals surface area contributed by atoms with Crippen molar-refractivity contribution in [3.8, 4) is 0 Å². The number of hydrogen-bond donors (Lipinski definition) is 4. The van der Waals surface area contributed by atoms with Gasteiger partial charge in [-0.15, -0.1) is 0 Å². The number of fused-ring (bicyclic) bond motifs is 2. The standard InChI is InChI=1S/C28H37N9O3/c1-2-4-20(8-15-38)32-26-25-23(33-28(29)34-26)17-31-37(25)18-19-6-7-22(21-5-3-9-30-24(19)21)27(40)36-12-10-35(11-13-36)14-16-39/h3,5-7,9,17,20,38-39H,2,4,8,10-16,18H2,1H3,(H3,29,32,33,34). The number of aliphatic hydroxyl groups is 2. The summed E-state index contributed by atoms with van der Waals surface area (Å²) in [5.41, 5.74) is 9.62. The Morgan fingerprint density at radius 2 is 1.93 bits per heavy atom. The van der Waals surface area contributed by atoms with Crippen LogP contribution in [0.4, 0.5) is 11.8 Å². The van der Waals surface area contributed by atoms with Crippen LogP contribution >= 0.6 is 0 Å². The fraction of sp³-hybridized carbons (Fsp3) is 0.464. The number of piperazine rings is 1. The van der Waals surface area contributed by atoms with Crippen LogP contribution in [0.5, 0.6) is 0 Å². The van der Waals surface area contributed by atoms with E-state index in [0.717, 1.165) is 47.9 Å². The number of amides is 1. The molecule has 3 aromatic heterocycles. The highest BCUT2D eigenvalue weighted by molar-refractivity contribution is 6.07. The first-order valence-electron chi connectivity index (χ1n) is 13.9. The van der Waals surface area contributed by atoms with Crippen LogP contribution in [0.15, 0.2) is 36.7 Å². The van der Waals surface area contributed by atoms with E-state index in [4.69, 9.17) is 5.73 Å². The van der Waals surface area contributed by atoms with E-state index >= 15 is 0 Å². The summed E-state index contributed by atoms with van der Waals surface area (Å²) in [5.74, 6) is 0.719. The molecule has 1 aromatic carbocycles. The lowest BCUT2D eigenvalue weighted by Gasteiger charge is -2.34. The van der Waals surface area contributed by atoms with Crippen LogP contribution in [-0.2, 0) is 6.54 Å². The summed E-state index contributed by atoms with van der Waals surface area (Å²) in [7, 11) is 0. The normalized spacial score (nSPS) is 15.1. The number of nitrogen functional groups attached to an aromatic ring is 1. The molecule has 1 saturated heterocycles. The Kier molecular flexibility index (Phi) is 8.68. The maximum atomic E-state index is 13.5. The van der Waals surface area contributed by atoms with E-state index in [1.807, 2.05) is 33.8 Å². The van der Waals surface area contributed by atoms with Gasteiger partial charge in [0.15, 0.2) is 5.82 Å². The number of nitrogens with one attached hydrogen (secondary N) is 1. The van der Waals surface area contributed by atoms with Gasteiger partial charge in [-0.25, -0.2) is 4.98 Å². The number of pyridine rings is 1. The van der Waals surface area contributed by atoms with E-state index in [1.165, 1.54) is 0 Å². The van der Waals surface area contributed by atoms with Crippen molar-refractivity contribution in [3.05, 3.63) is 47.8 Å². The molecule has 0 spiro atoms. The second-order valence-electron chi connectivity index (χ2n) is 10.1. The number of carbonyl (C=O) groups excluding carboxylic acids is 1. The van der Waals surface area contributed by atoms with Gasteiger partial charge in [-0.1, -0.05) is 25.5 Å². The van der Waals surface area contributed by atoms with Gasteiger partial charge in [-0.2, -0.15) is 10.1 Å². The number of hydrogen-bond acceptors (Lipinski definition) is 10. The zero-order valence-corrected chi connectivity index (χ0v) is 22.8. The second kappa shape index (κ2) is 12.5. The number of anilines is 2. The highest BCUT2D eigenvalue weighted by atomic mass is 16.3. The molecule has 4 aromatic rings. The molecule has 212 valence electrons. The molecule has 12 nitrogen and oxygen atoms in total. The minimum atomic E-state index is -0.0149. The van der Waals surface area contributed by atoms with Crippen molar-refractivity contribution >= 4 is 39.6 Å². The maximum absolute atomic E-state index is 13.5. The molecule has 5 rings (SSSR count). The van der Waals surface area contributed by atoms with Crippen LogP contribution in [-0.4, -0.2) is 103 Å². The predicted molar refractivity (Wildman–Crippen MR) is 154 cm³/mol. The summed E-state index contributed by atoms with van der Waals surface area (Å²) in [6.07, 6.45) is 5.83. The fourth-order valence-corrected chi connectivity index (χ4v) is 5.42. The molecule has 40 heavy (non-hydrogen) atoms. The van der Waals surface area contributed by atoms with Crippen molar-refractivity contribution < 1.29 is 15.0 Å². The molecular formula is C28H37N9O3. The van der Waals surface area contributed by atoms with Crippen molar-refractivity contribution in [2.24, 2.45) is 0 Å². The zero-order valence-electron chi connectivity index (χ0n) is 22.8. The molecule has 1 aliphatic heterocycles. The molecule has 0 radical (unpaired) electrons. The lowest BCUT2D eigenvalue weighted by molar-refractivity contribution is 0.0617. The first kappa shape index (κ1) is 27.7. The zero-order chi connectivity index (χ0) is 28.1. The van der Waals surface area contributed by atoms with E-state index in [0.29, 0.717) is 49.5 Å². The maximum Gasteiger partial charge on any atom is 0.254 e. The summed E-state index contributed by atoms with van der Waals surface area (Å²) >= 11 is 0. The van der Waals surface area contributed by atoms with Gasteiger partial charge in [-0.3, -0.25) is 19.4 Å². The topological polar surface area (TPSA) is 159 Å². The van der Waals surface area contributed by atoms with Gasteiger partial charge >= 0.3 is 0 Å². The monoisotopic (exact) mass is 547 g/mol. The average Bonchev–Trinajstić information content (AvgIpc) is 3.36. The first-order chi connectivity index (χ1) is 19.5. The Hall–Kier alpha value is -3.87. The van der Waals surface area contributed by atoms with Crippen molar-refractivity contribution in [2.75, 3.05) is 57.0 Å². The summed E-state index contributed by atoms with van der Waals surface area (Å²) in [4.78, 5) is 31.1. The van der Waals surface area contributed by atoms with E-state index < -0.39 is 0 Å². The number of aromatic nitrogens is 5. The number of nitrogens with zero attached hydrogens (tertiary/aromatic N) is 7. The van der Waals surface area contributed by atoms with Crippen molar-refractivity contribution in [2.45, 2.75) is 38.8 Å². The highest BCUT2D eigenvalue weighted by Gasteiger charge is 2.24. The largest absolute Gasteiger partial charge is 0.396 e. The summed E-state index contributed by atoms with van der Waals surface area (Å²) in [6, 6.07) is 7.63. The SMILES string of the molecule is CCCC(CCO)Nc1nc(N)nc2cnn(Cc3ccc(C(=O)N4CCN(CCO)CC4)c4cccnc34)c12. The molecule has 0 saturated carbocycles. The van der Waals surface area contributed by atoms with Gasteiger partial charge in [0.05, 0.1) is 24.9 Å². The second-order valence-corrected chi connectivity index (χ2v) is 10.1. The van der Waals surface area contributed by atoms with Gasteiger partial charge in [0.2, 0.25) is 5.95 Å². The number of rotatable bonds is 11. The third-order valence-corrected chi connectivity index (χ3v) is 7.44. The van der Waals surface area contributed by atoms with E-state index in [1.54, 1.807) is 12.4 Å². The molecule has 4 heterocycles. The molecule has 0 aliphatic carbocycles. The van der Waals surface area contributed by atoms with E-state index in [2.05, 4.69) is 37.2 Å². The first-order valence-corrected chi connectivity index (χ1v) is 13.9. The third kappa shape index (κ3) is 5.83. The van der Waals surface area contributed by atoms with Gasteiger partial charge in [0.1, 0.15) is 11.0 Å². The fourth-order valence-electron chi connectivity index (χ4n) is 5.42. The van der Waals surface area contributed by atoms with E-state index in [-0.39, 0.29) is 31.1 Å². The highest BCUT2D eigenvalue weighted by Crippen LogP contribution is 2.27. The van der Waals surface area contributed by atoms with Crippen molar-refractivity contribution in [1.29, 1.82) is 0 Å². The van der Waals surface area contributed by atoms with E-state index in [9.17, 15) is 15.0 Å². The number of aliphatic hydroxyl groups excluding tert-OH is 2. The number of benzene rings is 1. The van der Waals surface area contributed by atoms with Crippen LogP contribution in [0.25, 0.3) is 21.9 Å². The van der Waals surface area contributed by atoms with Crippen LogP contribution in [0, 0.1) is 0 Å². The molecule has 1 amide bonds. The van der Waals surface area contributed by atoms with Crippen molar-refractivity contribution in [1.82, 2.24) is 34.5 Å². The van der Waals surface area contributed by atoms with Crippen LogP contribution < -0.4 is 11.1 Å². The van der Waals surface area contributed by atoms with Crippen LogP contribution in [0.1, 0.15) is 42.1 Å². The quantitative estimate of drug-likeness (QED) is 0.218. The van der Waals surface area contributed by atoms with Crippen molar-refractivity contribution in [3.63, 3.8) is 0 Å². The lowest BCUT2D eigenvalue weighted by atomic mass is 10.0. The molecule has 1 fully saturated rings. The summed E-state index contributed by atoms with van der Waals surface area (Å²) in [6.45, 7) is 6.04. The van der Waals surface area contributed by atoms with Gasteiger partial charge in [-0.05, 0) is 30.5 Å². The minimum absolute atomic E-state index is 0.0149. The predicted octanol–water partition coefficient (Wildman–Crippen LogP) is 1.72. The molecule has 12 heteroatoms. The molecule has 5 N–H and O–H groups in total. The molecule has 1 aliphatic rings. The van der Waals surface area contributed by atoms with Crippen LogP contribution in [0.3, 0.4) is 0 Å². The molecule has 1 unspecified atom stereocenters. The minimum Gasteiger partial charge on any atom is -0.396 e. The number of β-amino-alcohol motifs (C(OH)–C–C–N with tert-alkyl or cyclic N) is 1. The van der Waals surface area contributed by atoms with Crippen LogP contribution in [0.2, 0.25) is 0 Å². The molecule has 1 atom stereocenters. The summed E-state index contributed by atoms with van der Waals surface area (Å²) < 4.78 is 1.82. The molecular weight excluding hydrogens is 510 g/mol. The average molecular weight is 548 g/mol. The number of nitrogens with two attached hydrogens (primary N) is 1. The lowest BCUT2D eigenvalue weighted by Crippen LogP contribution is -2.49. The third-order valence-electron chi connectivity index (χ3n) is 7.44. The smallest absolute Gasteiger partial charge is 0.254 e. The number of carbonyl (C=O) groups is 1. The van der Waals surface area contributed by atoms with Gasteiger partial charge in [0.25, 0.3) is 5.91 Å².